The molecule has 21 heavy (non-hydrogen) atoms. The highest BCUT2D eigenvalue weighted by Gasteiger charge is 2.42. The topological polar surface area (TPSA) is 63.7 Å². The van der Waals surface area contributed by atoms with Gasteiger partial charge in [0.1, 0.15) is 5.78 Å². The van der Waals surface area contributed by atoms with E-state index >= 15 is 0 Å². The molecule has 5 nitrogen and oxygen atoms in total. The first-order valence-corrected chi connectivity index (χ1v) is 9.68. The Morgan fingerprint density at radius 3 is 2.43 bits per heavy atom. The van der Waals surface area contributed by atoms with E-state index in [1.807, 2.05) is 13.8 Å². The molecule has 0 saturated carbocycles. The highest BCUT2D eigenvalue weighted by Crippen LogP contribution is 2.35. The maximum atomic E-state index is 12.6. The molecule has 0 aromatic rings. The van der Waals surface area contributed by atoms with Gasteiger partial charge >= 0.3 is 0 Å². The Morgan fingerprint density at radius 1 is 1.24 bits per heavy atom. The minimum Gasteiger partial charge on any atom is -0.375 e. The van der Waals surface area contributed by atoms with E-state index in [1.54, 1.807) is 0 Å². The SMILES string of the molecule is CC1OC(C)C(C(=O)CC2CCCN(S(C)(=O)=O)C2)C1C. The second-order valence-corrected chi connectivity index (χ2v) is 8.71. The molecule has 2 aliphatic heterocycles. The Hall–Kier alpha value is -0.460. The van der Waals surface area contributed by atoms with Crippen LogP contribution in [0.2, 0.25) is 0 Å². The van der Waals surface area contributed by atoms with E-state index in [4.69, 9.17) is 4.74 Å². The van der Waals surface area contributed by atoms with Crippen molar-refractivity contribution in [3.05, 3.63) is 0 Å². The van der Waals surface area contributed by atoms with Crippen LogP contribution in [0.3, 0.4) is 0 Å². The third-order valence-electron chi connectivity index (χ3n) is 5.05. The molecule has 5 unspecified atom stereocenters. The molecule has 0 bridgehead atoms. The van der Waals surface area contributed by atoms with Crippen LogP contribution in [-0.4, -0.2) is 50.1 Å². The molecule has 0 aliphatic carbocycles. The molecular weight excluding hydrogens is 290 g/mol. The summed E-state index contributed by atoms with van der Waals surface area (Å²) in [6.45, 7) is 7.11. The summed E-state index contributed by atoms with van der Waals surface area (Å²) >= 11 is 0. The molecule has 0 aromatic heterocycles. The van der Waals surface area contributed by atoms with E-state index in [0.717, 1.165) is 12.8 Å². The summed E-state index contributed by atoms with van der Waals surface area (Å²) in [6, 6.07) is 0. The Labute approximate surface area is 128 Å². The van der Waals surface area contributed by atoms with Crippen molar-refractivity contribution in [1.29, 1.82) is 0 Å². The van der Waals surface area contributed by atoms with Gasteiger partial charge in [0.15, 0.2) is 0 Å². The van der Waals surface area contributed by atoms with Crippen LogP contribution in [0, 0.1) is 17.8 Å². The van der Waals surface area contributed by atoms with Gasteiger partial charge in [0.25, 0.3) is 0 Å². The van der Waals surface area contributed by atoms with Gasteiger partial charge in [-0.1, -0.05) is 6.92 Å². The van der Waals surface area contributed by atoms with Crippen LogP contribution < -0.4 is 0 Å². The maximum Gasteiger partial charge on any atom is 0.211 e. The molecular formula is C15H27NO4S. The molecule has 0 amide bonds. The summed E-state index contributed by atoms with van der Waals surface area (Å²) in [6.07, 6.45) is 3.58. The van der Waals surface area contributed by atoms with Gasteiger partial charge in [-0.25, -0.2) is 12.7 Å². The van der Waals surface area contributed by atoms with E-state index in [1.165, 1.54) is 10.6 Å². The Morgan fingerprint density at radius 2 is 1.90 bits per heavy atom. The minimum absolute atomic E-state index is 0.0305. The molecule has 6 heteroatoms. The number of Topliss-reactive ketones (excluding diaryl/α,β-unsaturated/α-hetero) is 1. The van der Waals surface area contributed by atoms with Crippen LogP contribution in [0.4, 0.5) is 0 Å². The number of hydrogen-bond donors (Lipinski definition) is 0. The lowest BCUT2D eigenvalue weighted by Crippen LogP contribution is -2.40. The van der Waals surface area contributed by atoms with Gasteiger partial charge in [-0.15, -0.1) is 0 Å². The van der Waals surface area contributed by atoms with Crippen molar-refractivity contribution in [2.24, 2.45) is 17.8 Å². The van der Waals surface area contributed by atoms with E-state index in [0.29, 0.717) is 19.5 Å². The second-order valence-electron chi connectivity index (χ2n) is 6.73. The largest absolute Gasteiger partial charge is 0.375 e. The average Bonchev–Trinajstić information content (AvgIpc) is 2.62. The Kier molecular flexibility index (Phi) is 5.11. The molecule has 5 atom stereocenters. The molecule has 2 rings (SSSR count). The predicted molar refractivity (Wildman–Crippen MR) is 81.4 cm³/mol. The summed E-state index contributed by atoms with van der Waals surface area (Å²) in [4.78, 5) is 12.6. The maximum absolute atomic E-state index is 12.6. The number of carbonyl (C=O) groups excluding carboxylic acids is 1. The lowest BCUT2D eigenvalue weighted by molar-refractivity contribution is -0.126. The van der Waals surface area contributed by atoms with Crippen LogP contribution in [-0.2, 0) is 19.6 Å². The first-order chi connectivity index (χ1) is 9.70. The van der Waals surface area contributed by atoms with Crippen molar-refractivity contribution < 1.29 is 17.9 Å². The molecule has 0 radical (unpaired) electrons. The fourth-order valence-electron chi connectivity index (χ4n) is 3.74. The molecule has 122 valence electrons. The molecule has 2 saturated heterocycles. The fraction of sp³-hybridized carbons (Fsp3) is 0.933. The lowest BCUT2D eigenvalue weighted by Gasteiger charge is -2.31. The number of rotatable bonds is 4. The van der Waals surface area contributed by atoms with Gasteiger partial charge in [-0.05, 0) is 38.5 Å². The lowest BCUT2D eigenvalue weighted by atomic mass is 9.81. The minimum atomic E-state index is -3.15. The highest BCUT2D eigenvalue weighted by atomic mass is 32.2. The van der Waals surface area contributed by atoms with Crippen LogP contribution in [0.1, 0.15) is 40.0 Å². The molecule has 0 N–H and O–H groups in total. The van der Waals surface area contributed by atoms with Crippen molar-refractivity contribution in [2.45, 2.75) is 52.2 Å². The van der Waals surface area contributed by atoms with Gasteiger partial charge in [-0.3, -0.25) is 4.79 Å². The normalized spacial score (nSPS) is 38.6. The van der Waals surface area contributed by atoms with Crippen molar-refractivity contribution in [1.82, 2.24) is 4.31 Å². The van der Waals surface area contributed by atoms with Gasteiger partial charge < -0.3 is 4.74 Å². The smallest absolute Gasteiger partial charge is 0.211 e. The van der Waals surface area contributed by atoms with Gasteiger partial charge in [-0.2, -0.15) is 0 Å². The number of nitrogens with zero attached hydrogens (tertiary/aromatic N) is 1. The van der Waals surface area contributed by atoms with Crippen LogP contribution in [0.25, 0.3) is 0 Å². The first-order valence-electron chi connectivity index (χ1n) is 7.83. The number of ketones is 1. The number of hydrogen-bond acceptors (Lipinski definition) is 4. The van der Waals surface area contributed by atoms with Crippen molar-refractivity contribution >= 4 is 15.8 Å². The summed E-state index contributed by atoms with van der Waals surface area (Å²) in [5.41, 5.74) is 0. The van der Waals surface area contributed by atoms with Crippen molar-refractivity contribution in [3.8, 4) is 0 Å². The molecule has 0 aromatic carbocycles. The highest BCUT2D eigenvalue weighted by molar-refractivity contribution is 7.88. The third-order valence-corrected chi connectivity index (χ3v) is 6.32. The molecule has 2 aliphatic rings. The zero-order valence-corrected chi connectivity index (χ0v) is 14.2. The van der Waals surface area contributed by atoms with E-state index in [2.05, 4.69) is 6.92 Å². The summed E-state index contributed by atoms with van der Waals surface area (Å²) in [5, 5.41) is 0. The Bertz CT molecular complexity index is 490. The van der Waals surface area contributed by atoms with Gasteiger partial charge in [0.05, 0.1) is 18.5 Å². The zero-order valence-electron chi connectivity index (χ0n) is 13.4. The molecule has 2 heterocycles. The molecule has 0 spiro atoms. The summed E-state index contributed by atoms with van der Waals surface area (Å²) in [7, 11) is -3.15. The number of sulfonamides is 1. The molecule has 2 fully saturated rings. The summed E-state index contributed by atoms with van der Waals surface area (Å²) < 4.78 is 30.5. The van der Waals surface area contributed by atoms with Crippen LogP contribution in [0.5, 0.6) is 0 Å². The number of piperidine rings is 1. The third kappa shape index (κ3) is 3.85. The Balaban J connectivity index is 1.97. The first kappa shape index (κ1) is 16.9. The van der Waals surface area contributed by atoms with E-state index in [9.17, 15) is 13.2 Å². The second kappa shape index (κ2) is 6.34. The zero-order chi connectivity index (χ0) is 15.8. The average molecular weight is 317 g/mol. The van der Waals surface area contributed by atoms with E-state index in [-0.39, 0.29) is 35.7 Å². The van der Waals surface area contributed by atoms with Gasteiger partial charge in [0.2, 0.25) is 10.0 Å². The quantitative estimate of drug-likeness (QED) is 0.791. The van der Waals surface area contributed by atoms with Crippen molar-refractivity contribution in [3.63, 3.8) is 0 Å². The van der Waals surface area contributed by atoms with Crippen LogP contribution in [0.15, 0.2) is 0 Å². The number of ether oxygens (including phenoxy) is 1. The monoisotopic (exact) mass is 317 g/mol. The van der Waals surface area contributed by atoms with Crippen LogP contribution >= 0.6 is 0 Å². The standard InChI is InChI=1S/C15H27NO4S/c1-10-11(2)20-12(3)15(10)14(17)8-13-6-5-7-16(9-13)21(4,18)19/h10-13,15H,5-9H2,1-4H3. The number of carbonyl (C=O) groups is 1. The van der Waals surface area contributed by atoms with Gasteiger partial charge in [0, 0.05) is 25.4 Å². The summed E-state index contributed by atoms with van der Waals surface area (Å²) in [5.74, 6) is 0.576. The fourth-order valence-corrected chi connectivity index (χ4v) is 4.68. The predicted octanol–water partition coefficient (Wildman–Crippen LogP) is 1.68. The van der Waals surface area contributed by atoms with Crippen molar-refractivity contribution in [2.75, 3.05) is 19.3 Å². The van der Waals surface area contributed by atoms with E-state index < -0.39 is 10.0 Å².